The van der Waals surface area contributed by atoms with Crippen LogP contribution in [0, 0.1) is 12.3 Å². The molecule has 25 heavy (non-hydrogen) atoms. The summed E-state index contributed by atoms with van der Waals surface area (Å²) in [6.07, 6.45) is 2.57. The molecule has 2 N–H and O–H groups in total. The Balaban J connectivity index is 2.02. The maximum absolute atomic E-state index is 12.7. The Labute approximate surface area is 150 Å². The van der Waals surface area contributed by atoms with Gasteiger partial charge in [0.2, 0.25) is 11.8 Å². The molecule has 1 aromatic carbocycles. The zero-order chi connectivity index (χ0) is 18.4. The number of hydrogen-bond donors (Lipinski definition) is 2. The van der Waals surface area contributed by atoms with Gasteiger partial charge < -0.3 is 15.3 Å². The normalized spacial score (nSPS) is 17.8. The summed E-state index contributed by atoms with van der Waals surface area (Å²) in [7, 11) is 0. The summed E-state index contributed by atoms with van der Waals surface area (Å²) in [5.74, 6) is -0.0854. The van der Waals surface area contributed by atoms with Crippen molar-refractivity contribution >= 4 is 11.8 Å². The molecule has 1 aliphatic rings. The molecule has 1 aliphatic heterocycles. The number of benzene rings is 1. The number of rotatable bonds is 8. The summed E-state index contributed by atoms with van der Waals surface area (Å²) >= 11 is 0. The lowest BCUT2D eigenvalue weighted by Crippen LogP contribution is -2.48. The molecule has 1 fully saturated rings. The zero-order valence-electron chi connectivity index (χ0n) is 15.5. The maximum atomic E-state index is 12.7. The lowest BCUT2D eigenvalue weighted by Gasteiger charge is -2.31. The predicted molar refractivity (Wildman–Crippen MR) is 97.9 cm³/mol. The van der Waals surface area contributed by atoms with E-state index < -0.39 is 6.04 Å². The molecule has 0 radical (unpaired) electrons. The average Bonchev–Trinajstić information content (AvgIpc) is 2.99. The lowest BCUT2D eigenvalue weighted by molar-refractivity contribution is -0.136. The van der Waals surface area contributed by atoms with E-state index in [1.807, 2.05) is 45.0 Å². The minimum atomic E-state index is -0.418. The van der Waals surface area contributed by atoms with Crippen LogP contribution in [-0.4, -0.2) is 41.0 Å². The quantitative estimate of drug-likeness (QED) is 0.759. The minimum absolute atomic E-state index is 0.0279. The molecule has 5 heteroatoms. The molecule has 0 saturated carbocycles. The number of amides is 2. The number of carbonyl (C=O) groups is 2. The second-order valence-corrected chi connectivity index (χ2v) is 7.14. The third-order valence-corrected chi connectivity index (χ3v) is 5.58. The average molecular weight is 346 g/mol. The molecule has 1 saturated heterocycles. The number of carbonyl (C=O) groups excluding carboxylic acids is 2. The maximum Gasteiger partial charge on any atom is 0.242 e. The summed E-state index contributed by atoms with van der Waals surface area (Å²) < 4.78 is 0. The predicted octanol–water partition coefficient (Wildman–Crippen LogP) is 2.40. The van der Waals surface area contributed by atoms with E-state index in [2.05, 4.69) is 5.32 Å². The summed E-state index contributed by atoms with van der Waals surface area (Å²) in [5.41, 5.74) is 1.93. The Morgan fingerprint density at radius 3 is 2.48 bits per heavy atom. The SMILES string of the molecule is CCC(CC)(CO)CNC(=O)C1CCC(=O)N1Cc1ccc(C)cc1. The molecule has 2 rings (SSSR count). The number of hydrogen-bond acceptors (Lipinski definition) is 3. The summed E-state index contributed by atoms with van der Waals surface area (Å²) in [6.45, 7) is 7.03. The second kappa shape index (κ2) is 8.48. The molecule has 0 bridgehead atoms. The van der Waals surface area contributed by atoms with E-state index in [1.165, 1.54) is 5.56 Å². The number of nitrogens with one attached hydrogen (secondary N) is 1. The van der Waals surface area contributed by atoms with Crippen molar-refractivity contribution < 1.29 is 14.7 Å². The number of likely N-dealkylation sites (tertiary alicyclic amines) is 1. The van der Waals surface area contributed by atoms with Gasteiger partial charge in [0.25, 0.3) is 0 Å². The van der Waals surface area contributed by atoms with E-state index in [-0.39, 0.29) is 23.8 Å². The Morgan fingerprint density at radius 2 is 1.92 bits per heavy atom. The van der Waals surface area contributed by atoms with E-state index in [9.17, 15) is 14.7 Å². The van der Waals surface area contributed by atoms with Gasteiger partial charge in [-0.1, -0.05) is 43.7 Å². The summed E-state index contributed by atoms with van der Waals surface area (Å²) in [4.78, 5) is 26.6. The van der Waals surface area contributed by atoms with E-state index in [0.29, 0.717) is 25.9 Å². The van der Waals surface area contributed by atoms with E-state index in [4.69, 9.17) is 0 Å². The fourth-order valence-electron chi connectivity index (χ4n) is 3.27. The molecule has 0 aliphatic carbocycles. The van der Waals surface area contributed by atoms with Crippen molar-refractivity contribution in [2.75, 3.05) is 13.2 Å². The van der Waals surface area contributed by atoms with Crippen LogP contribution in [-0.2, 0) is 16.1 Å². The van der Waals surface area contributed by atoms with Gasteiger partial charge in [-0.05, 0) is 31.7 Å². The molecule has 1 heterocycles. The molecular weight excluding hydrogens is 316 g/mol. The highest BCUT2D eigenvalue weighted by Gasteiger charge is 2.37. The van der Waals surface area contributed by atoms with Gasteiger partial charge >= 0.3 is 0 Å². The van der Waals surface area contributed by atoms with Crippen molar-refractivity contribution in [3.8, 4) is 0 Å². The van der Waals surface area contributed by atoms with Crippen LogP contribution in [0.4, 0.5) is 0 Å². The Hall–Kier alpha value is -1.88. The van der Waals surface area contributed by atoms with Gasteiger partial charge in [0.05, 0.1) is 6.61 Å². The van der Waals surface area contributed by atoms with Crippen LogP contribution < -0.4 is 5.32 Å². The molecular formula is C20H30N2O3. The van der Waals surface area contributed by atoms with Crippen LogP contribution in [0.3, 0.4) is 0 Å². The van der Waals surface area contributed by atoms with Crippen LogP contribution in [0.15, 0.2) is 24.3 Å². The highest BCUT2D eigenvalue weighted by atomic mass is 16.3. The highest BCUT2D eigenvalue weighted by Crippen LogP contribution is 2.26. The van der Waals surface area contributed by atoms with Crippen LogP contribution in [0.1, 0.15) is 50.7 Å². The van der Waals surface area contributed by atoms with Gasteiger partial charge in [-0.3, -0.25) is 9.59 Å². The molecule has 1 unspecified atom stereocenters. The molecule has 2 amide bonds. The molecule has 1 atom stereocenters. The number of aliphatic hydroxyl groups excluding tert-OH is 1. The van der Waals surface area contributed by atoms with Gasteiger partial charge in [-0.15, -0.1) is 0 Å². The molecule has 0 aromatic heterocycles. The third-order valence-electron chi connectivity index (χ3n) is 5.58. The smallest absolute Gasteiger partial charge is 0.242 e. The van der Waals surface area contributed by atoms with Crippen LogP contribution in [0.5, 0.6) is 0 Å². The highest BCUT2D eigenvalue weighted by molar-refractivity contribution is 5.90. The fraction of sp³-hybridized carbons (Fsp3) is 0.600. The van der Waals surface area contributed by atoms with Crippen molar-refractivity contribution in [3.05, 3.63) is 35.4 Å². The first-order chi connectivity index (χ1) is 11.9. The lowest BCUT2D eigenvalue weighted by atomic mass is 9.83. The van der Waals surface area contributed by atoms with Gasteiger partial charge in [0, 0.05) is 24.9 Å². The Bertz CT molecular complexity index is 585. The number of aryl methyl sites for hydroxylation is 1. The Morgan fingerprint density at radius 1 is 1.28 bits per heavy atom. The summed E-state index contributed by atoms with van der Waals surface area (Å²) in [6, 6.07) is 7.62. The Kier molecular flexibility index (Phi) is 6.59. The molecule has 0 spiro atoms. The van der Waals surface area contributed by atoms with Gasteiger partial charge in [0.15, 0.2) is 0 Å². The van der Waals surface area contributed by atoms with Gasteiger partial charge in [-0.2, -0.15) is 0 Å². The van der Waals surface area contributed by atoms with E-state index >= 15 is 0 Å². The third kappa shape index (κ3) is 4.60. The monoisotopic (exact) mass is 346 g/mol. The fourth-order valence-corrected chi connectivity index (χ4v) is 3.27. The van der Waals surface area contributed by atoms with Gasteiger partial charge in [0.1, 0.15) is 6.04 Å². The minimum Gasteiger partial charge on any atom is -0.396 e. The first-order valence-corrected chi connectivity index (χ1v) is 9.18. The van der Waals surface area contributed by atoms with Crippen molar-refractivity contribution in [2.24, 2.45) is 5.41 Å². The standard InChI is InChI=1S/C20H30N2O3/c1-4-20(5-2,14-23)13-21-19(25)17-10-11-18(24)22(17)12-16-8-6-15(3)7-9-16/h6-9,17,23H,4-5,10-14H2,1-3H3,(H,21,25). The van der Waals surface area contributed by atoms with Crippen LogP contribution in [0.25, 0.3) is 0 Å². The largest absolute Gasteiger partial charge is 0.396 e. The first-order valence-electron chi connectivity index (χ1n) is 9.18. The van der Waals surface area contributed by atoms with Crippen molar-refractivity contribution in [1.29, 1.82) is 0 Å². The second-order valence-electron chi connectivity index (χ2n) is 7.14. The van der Waals surface area contributed by atoms with Crippen molar-refractivity contribution in [2.45, 2.75) is 59.0 Å². The summed E-state index contributed by atoms with van der Waals surface area (Å²) in [5, 5.41) is 12.6. The molecule has 5 nitrogen and oxygen atoms in total. The zero-order valence-corrected chi connectivity index (χ0v) is 15.5. The number of aliphatic hydroxyl groups is 1. The molecule has 1 aromatic rings. The first kappa shape index (κ1) is 19.4. The number of nitrogens with zero attached hydrogens (tertiary/aromatic N) is 1. The van der Waals surface area contributed by atoms with E-state index in [1.54, 1.807) is 4.90 Å². The topological polar surface area (TPSA) is 69.6 Å². The van der Waals surface area contributed by atoms with Crippen molar-refractivity contribution in [3.63, 3.8) is 0 Å². The van der Waals surface area contributed by atoms with Crippen LogP contribution in [0.2, 0.25) is 0 Å². The van der Waals surface area contributed by atoms with Crippen molar-refractivity contribution in [1.82, 2.24) is 10.2 Å². The van der Waals surface area contributed by atoms with Crippen LogP contribution >= 0.6 is 0 Å². The van der Waals surface area contributed by atoms with E-state index in [0.717, 1.165) is 18.4 Å². The van der Waals surface area contributed by atoms with Gasteiger partial charge in [-0.25, -0.2) is 0 Å². The molecule has 138 valence electrons.